The van der Waals surface area contributed by atoms with Gasteiger partial charge in [-0.3, -0.25) is 10.2 Å². The minimum Gasteiger partial charge on any atom is -0.463 e. The van der Waals surface area contributed by atoms with Crippen LogP contribution in [0.25, 0.3) is 10.4 Å². The molecule has 0 radical (unpaired) electrons. The topological polar surface area (TPSA) is 145 Å². The van der Waals surface area contributed by atoms with Crippen LogP contribution in [0.1, 0.15) is 40.2 Å². The van der Waals surface area contributed by atoms with Crippen molar-refractivity contribution in [3.63, 3.8) is 0 Å². The molecule has 0 aliphatic carbocycles. The number of halogens is 3. The SMILES string of the molecule is CC(=O)OCC1O[C@@H](OC(=N)C(Cl)(Cl)Cl)C(N=[N+]=[N-])[C@@H](C)[C@@H]1O[C@@H]1OC(C)[C@@H](C)[C@@H](OCc2ccccc2)C1C. The molecule has 2 saturated heterocycles. The smallest absolute Gasteiger partial charge is 0.302 e. The largest absolute Gasteiger partial charge is 0.463 e. The zero-order valence-corrected chi connectivity index (χ0v) is 25.2. The Morgan fingerprint density at radius 3 is 2.33 bits per heavy atom. The van der Waals surface area contributed by atoms with Crippen LogP contribution in [-0.2, 0) is 39.8 Å². The van der Waals surface area contributed by atoms with Gasteiger partial charge in [0.15, 0.2) is 6.29 Å². The van der Waals surface area contributed by atoms with E-state index < -0.39 is 52.4 Å². The summed E-state index contributed by atoms with van der Waals surface area (Å²) in [5.41, 5.74) is 10.3. The highest BCUT2D eigenvalue weighted by Crippen LogP contribution is 2.39. The lowest BCUT2D eigenvalue weighted by atomic mass is 9.85. The molecule has 1 aromatic rings. The third-order valence-electron chi connectivity index (χ3n) is 7.27. The summed E-state index contributed by atoms with van der Waals surface area (Å²) in [6.45, 7) is 9.28. The molecule has 0 aromatic heterocycles. The van der Waals surface area contributed by atoms with Gasteiger partial charge in [0.05, 0.1) is 24.9 Å². The first-order chi connectivity index (χ1) is 18.8. The summed E-state index contributed by atoms with van der Waals surface area (Å²) >= 11 is 17.3. The minimum absolute atomic E-state index is 0.0806. The predicted molar refractivity (Wildman–Crippen MR) is 149 cm³/mol. The Morgan fingerprint density at radius 2 is 1.73 bits per heavy atom. The van der Waals surface area contributed by atoms with Crippen molar-refractivity contribution in [1.82, 2.24) is 0 Å². The number of nitrogens with zero attached hydrogens (tertiary/aromatic N) is 3. The summed E-state index contributed by atoms with van der Waals surface area (Å²) < 4.78 is 33.7. The van der Waals surface area contributed by atoms with E-state index in [0.717, 1.165) is 5.56 Å². The van der Waals surface area contributed by atoms with E-state index in [1.54, 1.807) is 6.92 Å². The van der Waals surface area contributed by atoms with Gasteiger partial charge in [0, 0.05) is 23.7 Å². The van der Waals surface area contributed by atoms with Crippen molar-refractivity contribution in [1.29, 1.82) is 5.41 Å². The molecule has 0 saturated carbocycles. The highest BCUT2D eigenvalue weighted by Gasteiger charge is 2.50. The highest BCUT2D eigenvalue weighted by atomic mass is 35.6. The monoisotopic (exact) mass is 620 g/mol. The highest BCUT2D eigenvalue weighted by molar-refractivity contribution is 6.76. The summed E-state index contributed by atoms with van der Waals surface area (Å²) in [7, 11) is 0. The summed E-state index contributed by atoms with van der Waals surface area (Å²) in [6.07, 6.45) is -4.05. The lowest BCUT2D eigenvalue weighted by Crippen LogP contribution is -2.59. The van der Waals surface area contributed by atoms with Crippen LogP contribution in [-0.4, -0.2) is 65.3 Å². The number of alkyl halides is 3. The molecule has 40 heavy (non-hydrogen) atoms. The molecule has 2 aliphatic rings. The van der Waals surface area contributed by atoms with Crippen molar-refractivity contribution in [2.75, 3.05) is 6.61 Å². The van der Waals surface area contributed by atoms with Crippen LogP contribution in [0.2, 0.25) is 0 Å². The van der Waals surface area contributed by atoms with Crippen LogP contribution in [0, 0.1) is 23.2 Å². The van der Waals surface area contributed by atoms with E-state index in [2.05, 4.69) is 16.9 Å². The van der Waals surface area contributed by atoms with Crippen LogP contribution in [0.15, 0.2) is 35.4 Å². The van der Waals surface area contributed by atoms with Crippen LogP contribution in [0.4, 0.5) is 0 Å². The van der Waals surface area contributed by atoms with Crippen LogP contribution < -0.4 is 0 Å². The normalized spacial score (nSPS) is 34.4. The zero-order chi connectivity index (χ0) is 29.6. The van der Waals surface area contributed by atoms with Gasteiger partial charge < -0.3 is 28.4 Å². The number of hydrogen-bond donors (Lipinski definition) is 1. The number of benzene rings is 1. The number of carbonyl (C=O) groups excluding carboxylic acids is 1. The molecule has 3 rings (SSSR count). The molecule has 2 fully saturated rings. The van der Waals surface area contributed by atoms with Gasteiger partial charge in [-0.05, 0) is 23.9 Å². The second-order valence-electron chi connectivity index (χ2n) is 10.1. The van der Waals surface area contributed by atoms with Gasteiger partial charge in [-0.1, -0.05) is 91.0 Å². The Labute approximate surface area is 248 Å². The number of nitrogens with one attached hydrogen (secondary N) is 1. The number of azide groups is 1. The van der Waals surface area contributed by atoms with E-state index in [1.807, 2.05) is 44.2 Å². The van der Waals surface area contributed by atoms with Gasteiger partial charge in [0.25, 0.3) is 3.79 Å². The number of hydrogen-bond acceptors (Lipinski definition) is 9. The Morgan fingerprint density at radius 1 is 1.05 bits per heavy atom. The van der Waals surface area contributed by atoms with Crippen molar-refractivity contribution in [3.8, 4) is 0 Å². The summed E-state index contributed by atoms with van der Waals surface area (Å²) in [4.78, 5) is 14.6. The number of ether oxygens (including phenoxy) is 6. The quantitative estimate of drug-likeness (QED) is 0.0683. The summed E-state index contributed by atoms with van der Waals surface area (Å²) in [5, 5.41) is 11.8. The average molecular weight is 622 g/mol. The Kier molecular flexibility index (Phi) is 11.8. The third-order valence-corrected chi connectivity index (χ3v) is 7.78. The maximum Gasteiger partial charge on any atom is 0.302 e. The number of carbonyl (C=O) groups is 1. The lowest BCUT2D eigenvalue weighted by Gasteiger charge is -2.48. The van der Waals surface area contributed by atoms with Gasteiger partial charge in [-0.2, -0.15) is 0 Å². The Hall–Kier alpha value is -1.82. The summed E-state index contributed by atoms with van der Waals surface area (Å²) in [6, 6.07) is 8.91. The Balaban J connectivity index is 1.83. The van der Waals surface area contributed by atoms with E-state index in [4.69, 9.17) is 68.6 Å². The molecule has 2 aliphatic heterocycles. The molecule has 2 heterocycles. The Bertz CT molecular complexity index is 1060. The first-order valence-electron chi connectivity index (χ1n) is 12.9. The molecule has 0 bridgehead atoms. The van der Waals surface area contributed by atoms with Gasteiger partial charge in [-0.25, -0.2) is 0 Å². The number of esters is 1. The molecular weight excluding hydrogens is 587 g/mol. The average Bonchev–Trinajstić information content (AvgIpc) is 2.89. The van der Waals surface area contributed by atoms with Crippen molar-refractivity contribution >= 4 is 46.7 Å². The van der Waals surface area contributed by atoms with Crippen LogP contribution in [0.5, 0.6) is 0 Å². The standard InChI is InChI=1S/C26H35Cl3N4O7/c1-13-16(4)37-23(15(3)21(13)36-11-18-9-7-6-8-10-18)39-22-14(2)20(32-33-31)24(40-25(30)26(27,28)29)38-19(22)12-35-17(5)34/h6-10,13-16,19-24,30H,11-12H2,1-5H3/t13-,14-,15?,16?,19?,20?,21-,22+,23+,24+/m1/s1. The van der Waals surface area contributed by atoms with Crippen LogP contribution >= 0.6 is 34.8 Å². The van der Waals surface area contributed by atoms with Gasteiger partial charge in [-0.15, -0.1) is 0 Å². The van der Waals surface area contributed by atoms with Gasteiger partial charge >= 0.3 is 5.97 Å². The third kappa shape index (κ3) is 8.36. The fourth-order valence-electron chi connectivity index (χ4n) is 4.90. The molecule has 11 nitrogen and oxygen atoms in total. The molecule has 1 N–H and O–H groups in total. The first-order valence-corrected chi connectivity index (χ1v) is 14.1. The van der Waals surface area contributed by atoms with Crippen molar-refractivity contribution < 1.29 is 33.2 Å². The van der Waals surface area contributed by atoms with Crippen molar-refractivity contribution in [3.05, 3.63) is 46.3 Å². The predicted octanol–water partition coefficient (Wildman–Crippen LogP) is 5.94. The van der Waals surface area contributed by atoms with E-state index in [9.17, 15) is 10.3 Å². The second kappa shape index (κ2) is 14.4. The van der Waals surface area contributed by atoms with E-state index >= 15 is 0 Å². The molecule has 10 atom stereocenters. The minimum atomic E-state index is -2.17. The van der Waals surface area contributed by atoms with Crippen LogP contribution in [0.3, 0.4) is 0 Å². The lowest BCUT2D eigenvalue weighted by molar-refractivity contribution is -0.319. The second-order valence-corrected chi connectivity index (χ2v) is 12.4. The molecular formula is C26H35Cl3N4O7. The van der Waals surface area contributed by atoms with E-state index in [0.29, 0.717) is 6.61 Å². The van der Waals surface area contributed by atoms with Crippen molar-refractivity contribution in [2.45, 2.75) is 88.1 Å². The van der Waals surface area contributed by atoms with Gasteiger partial charge in [0.1, 0.15) is 18.8 Å². The molecule has 1 aromatic carbocycles. The van der Waals surface area contributed by atoms with E-state index in [1.165, 1.54) is 6.92 Å². The molecule has 14 heteroatoms. The number of rotatable bonds is 9. The first kappa shape index (κ1) is 32.7. The maximum absolute atomic E-state index is 11.6. The maximum atomic E-state index is 11.6. The fourth-order valence-corrected chi connectivity index (χ4v) is 5.03. The van der Waals surface area contributed by atoms with Gasteiger partial charge in [0.2, 0.25) is 12.2 Å². The summed E-state index contributed by atoms with van der Waals surface area (Å²) in [5.74, 6) is -1.91. The molecule has 222 valence electrons. The van der Waals surface area contributed by atoms with E-state index in [-0.39, 0.29) is 30.7 Å². The fraction of sp³-hybridized carbons (Fsp3) is 0.692. The molecule has 4 unspecified atom stereocenters. The zero-order valence-electron chi connectivity index (χ0n) is 22.9. The van der Waals surface area contributed by atoms with Crippen molar-refractivity contribution in [2.24, 2.45) is 22.9 Å². The molecule has 0 amide bonds. The molecule has 0 spiro atoms.